The van der Waals surface area contributed by atoms with Gasteiger partial charge in [0.1, 0.15) is 0 Å². The van der Waals surface area contributed by atoms with E-state index in [-0.39, 0.29) is 0 Å². The highest BCUT2D eigenvalue weighted by molar-refractivity contribution is 5.69. The van der Waals surface area contributed by atoms with Crippen LogP contribution in [0.25, 0.3) is 11.1 Å². The van der Waals surface area contributed by atoms with Crippen LogP contribution in [0.1, 0.15) is 25.7 Å². The monoisotopic (exact) mass is 375 g/mol. The van der Waals surface area contributed by atoms with Crippen molar-refractivity contribution in [2.75, 3.05) is 4.90 Å². The van der Waals surface area contributed by atoms with Crippen molar-refractivity contribution >= 4 is 5.69 Å². The van der Waals surface area contributed by atoms with Crippen LogP contribution in [-0.2, 0) is 0 Å². The van der Waals surface area contributed by atoms with Crippen LogP contribution in [-0.4, -0.2) is 0 Å². The minimum Gasteiger partial charge on any atom is -0.318 e. The van der Waals surface area contributed by atoms with E-state index in [1.165, 1.54) is 39.4 Å². The number of hydrogen-bond donors (Lipinski definition) is 0. The summed E-state index contributed by atoms with van der Waals surface area (Å²) in [4.78, 5) is 2.45. The van der Waals surface area contributed by atoms with E-state index in [0.717, 1.165) is 25.7 Å². The summed E-state index contributed by atoms with van der Waals surface area (Å²) in [5.41, 5.74) is 9.44. The van der Waals surface area contributed by atoms with Crippen LogP contribution in [0.3, 0.4) is 0 Å². The first-order valence-corrected chi connectivity index (χ1v) is 10.5. The standard InChI is InChI=1S/C28H25N/c1-2-8-22(9-3-1)24-14-18-27(19-15-24)29(26-12-6-7-13-26)28-20-16-25(17-21-28)23-10-4-5-11-23/h1-10,12,14-16,18-20H,11,13,17,21H2. The third-order valence-electron chi connectivity index (χ3n) is 5.87. The Balaban J connectivity index is 1.45. The van der Waals surface area contributed by atoms with Crippen molar-refractivity contribution in [2.45, 2.75) is 25.7 Å². The van der Waals surface area contributed by atoms with Crippen molar-refractivity contribution in [2.24, 2.45) is 0 Å². The number of hydrogen-bond acceptors (Lipinski definition) is 1. The molecule has 0 saturated carbocycles. The third-order valence-corrected chi connectivity index (χ3v) is 5.87. The molecule has 0 fully saturated rings. The Morgan fingerprint density at radius 2 is 1.31 bits per heavy atom. The van der Waals surface area contributed by atoms with Gasteiger partial charge in [-0.1, -0.05) is 78.9 Å². The molecule has 29 heavy (non-hydrogen) atoms. The summed E-state index contributed by atoms with van der Waals surface area (Å²) in [6, 6.07) is 19.6. The maximum Gasteiger partial charge on any atom is 0.0455 e. The average molecular weight is 376 g/mol. The molecule has 0 atom stereocenters. The molecule has 0 heterocycles. The van der Waals surface area contributed by atoms with Gasteiger partial charge in [0, 0.05) is 23.5 Å². The van der Waals surface area contributed by atoms with E-state index in [1.807, 2.05) is 0 Å². The first kappa shape index (κ1) is 17.8. The van der Waals surface area contributed by atoms with Crippen molar-refractivity contribution in [1.29, 1.82) is 0 Å². The van der Waals surface area contributed by atoms with Gasteiger partial charge in [-0.2, -0.15) is 0 Å². The smallest absolute Gasteiger partial charge is 0.0455 e. The predicted octanol–water partition coefficient (Wildman–Crippen LogP) is 7.49. The fourth-order valence-corrected chi connectivity index (χ4v) is 4.32. The molecule has 0 aromatic heterocycles. The molecule has 0 radical (unpaired) electrons. The van der Waals surface area contributed by atoms with Gasteiger partial charge in [-0.25, -0.2) is 0 Å². The SMILES string of the molecule is C1=CCC(C2=CC=C(N(C3=CC=CC3)c3ccc(-c4ccccc4)cc3)CC2)=C1. The highest BCUT2D eigenvalue weighted by Crippen LogP contribution is 2.36. The molecule has 1 heteroatoms. The van der Waals surface area contributed by atoms with E-state index in [1.54, 1.807) is 0 Å². The number of rotatable bonds is 5. The Bertz CT molecular complexity index is 1070. The average Bonchev–Trinajstić information content (AvgIpc) is 3.51. The molecule has 0 spiro atoms. The quantitative estimate of drug-likeness (QED) is 0.523. The zero-order chi connectivity index (χ0) is 19.5. The van der Waals surface area contributed by atoms with Gasteiger partial charge in [0.25, 0.3) is 0 Å². The minimum absolute atomic E-state index is 0.990. The predicted molar refractivity (Wildman–Crippen MR) is 123 cm³/mol. The third kappa shape index (κ3) is 3.69. The van der Waals surface area contributed by atoms with Crippen molar-refractivity contribution in [1.82, 2.24) is 0 Å². The second-order valence-electron chi connectivity index (χ2n) is 7.71. The largest absolute Gasteiger partial charge is 0.318 e. The van der Waals surface area contributed by atoms with Crippen LogP contribution in [0.5, 0.6) is 0 Å². The topological polar surface area (TPSA) is 3.24 Å². The van der Waals surface area contributed by atoms with Crippen molar-refractivity contribution in [3.8, 4) is 11.1 Å². The Labute approximate surface area is 173 Å². The molecule has 1 nitrogen and oxygen atoms in total. The number of benzene rings is 2. The Kier molecular flexibility index (Phi) is 4.88. The van der Waals surface area contributed by atoms with Crippen LogP contribution >= 0.6 is 0 Å². The summed E-state index contributed by atoms with van der Waals surface area (Å²) in [5, 5.41) is 0. The second kappa shape index (κ2) is 7.97. The van der Waals surface area contributed by atoms with E-state index < -0.39 is 0 Å². The summed E-state index contributed by atoms with van der Waals surface area (Å²) in [5.74, 6) is 0. The molecule has 0 unspecified atom stereocenters. The number of allylic oxidation sites excluding steroid dienone is 11. The van der Waals surface area contributed by atoms with Crippen LogP contribution in [0.2, 0.25) is 0 Å². The van der Waals surface area contributed by atoms with Gasteiger partial charge < -0.3 is 4.90 Å². The van der Waals surface area contributed by atoms with Gasteiger partial charge in [-0.15, -0.1) is 0 Å². The zero-order valence-electron chi connectivity index (χ0n) is 16.6. The Morgan fingerprint density at radius 1 is 0.552 bits per heavy atom. The first-order valence-electron chi connectivity index (χ1n) is 10.5. The van der Waals surface area contributed by atoms with Gasteiger partial charge in [0.05, 0.1) is 0 Å². The normalized spacial score (nSPS) is 17.7. The van der Waals surface area contributed by atoms with E-state index in [0.29, 0.717) is 0 Å². The molecular formula is C28H25N. The molecule has 0 bridgehead atoms. The maximum absolute atomic E-state index is 2.45. The van der Waals surface area contributed by atoms with Crippen LogP contribution < -0.4 is 4.90 Å². The fraction of sp³-hybridized carbons (Fsp3) is 0.143. The highest BCUT2D eigenvalue weighted by Gasteiger charge is 2.20. The minimum atomic E-state index is 0.990. The zero-order valence-corrected chi connectivity index (χ0v) is 16.6. The van der Waals surface area contributed by atoms with Gasteiger partial charge in [-0.05, 0) is 65.8 Å². The van der Waals surface area contributed by atoms with E-state index in [4.69, 9.17) is 0 Å². The Morgan fingerprint density at radius 3 is 1.97 bits per heavy atom. The lowest BCUT2D eigenvalue weighted by atomic mass is 9.94. The molecule has 0 aliphatic heterocycles. The lowest BCUT2D eigenvalue weighted by Crippen LogP contribution is -2.22. The molecule has 3 aliphatic carbocycles. The first-order chi connectivity index (χ1) is 14.4. The molecule has 0 N–H and O–H groups in total. The molecule has 3 aliphatic rings. The lowest BCUT2D eigenvalue weighted by molar-refractivity contribution is 0.851. The Hall–Kier alpha value is -3.32. The molecule has 5 rings (SSSR count). The fourth-order valence-electron chi connectivity index (χ4n) is 4.32. The summed E-state index contributed by atoms with van der Waals surface area (Å²) in [6.07, 6.45) is 22.2. The maximum atomic E-state index is 2.45. The molecule has 0 saturated heterocycles. The van der Waals surface area contributed by atoms with Crippen LogP contribution in [0.4, 0.5) is 5.69 Å². The van der Waals surface area contributed by atoms with Gasteiger partial charge >= 0.3 is 0 Å². The lowest BCUT2D eigenvalue weighted by Gasteiger charge is -2.31. The van der Waals surface area contributed by atoms with Crippen molar-refractivity contribution in [3.63, 3.8) is 0 Å². The highest BCUT2D eigenvalue weighted by atomic mass is 15.2. The molecule has 0 amide bonds. The number of anilines is 1. The summed E-state index contributed by atoms with van der Waals surface area (Å²) in [6.45, 7) is 0. The van der Waals surface area contributed by atoms with Gasteiger partial charge in [0.2, 0.25) is 0 Å². The molecular weight excluding hydrogens is 350 g/mol. The van der Waals surface area contributed by atoms with E-state index in [9.17, 15) is 0 Å². The summed E-state index contributed by atoms with van der Waals surface area (Å²) < 4.78 is 0. The molecule has 2 aromatic rings. The van der Waals surface area contributed by atoms with Crippen molar-refractivity contribution in [3.05, 3.63) is 126 Å². The van der Waals surface area contributed by atoms with E-state index in [2.05, 4.69) is 108 Å². The van der Waals surface area contributed by atoms with E-state index >= 15 is 0 Å². The van der Waals surface area contributed by atoms with Crippen LogP contribution in [0.15, 0.2) is 126 Å². The van der Waals surface area contributed by atoms with Crippen molar-refractivity contribution < 1.29 is 0 Å². The number of nitrogens with zero attached hydrogens (tertiary/aromatic N) is 1. The molecule has 142 valence electrons. The van der Waals surface area contributed by atoms with Crippen LogP contribution in [0, 0.1) is 0 Å². The van der Waals surface area contributed by atoms with Gasteiger partial charge in [0.15, 0.2) is 0 Å². The summed E-state index contributed by atoms with van der Waals surface area (Å²) in [7, 11) is 0. The second-order valence-corrected chi connectivity index (χ2v) is 7.71. The van der Waals surface area contributed by atoms with Gasteiger partial charge in [-0.3, -0.25) is 0 Å². The molecule has 2 aromatic carbocycles. The summed E-state index contributed by atoms with van der Waals surface area (Å²) >= 11 is 0.